The van der Waals surface area contributed by atoms with E-state index in [1.165, 1.54) is 96.3 Å². The Kier molecular flexibility index (Phi) is 22.3. The number of ether oxygens (including phenoxy) is 1. The van der Waals surface area contributed by atoms with Gasteiger partial charge in [-0.3, -0.25) is 4.79 Å². The molecule has 0 saturated carbocycles. The summed E-state index contributed by atoms with van der Waals surface area (Å²) in [5.41, 5.74) is 0. The quantitative estimate of drug-likeness (QED) is 0.0930. The van der Waals surface area contributed by atoms with E-state index in [-0.39, 0.29) is 11.9 Å². The average Bonchev–Trinajstić information content (AvgIpc) is 2.72. The highest BCUT2D eigenvalue weighted by molar-refractivity contribution is 5.72. The Bertz CT molecular complexity index is 375. The van der Waals surface area contributed by atoms with Crippen molar-refractivity contribution in [1.82, 2.24) is 0 Å². The molecule has 0 aliphatic rings. The van der Waals surface area contributed by atoms with Crippen molar-refractivity contribution in [2.45, 2.75) is 143 Å². The molecule has 0 saturated heterocycles. The van der Waals surface area contributed by atoms with Crippen LogP contribution in [0.4, 0.5) is 0 Å². The first-order valence-electron chi connectivity index (χ1n) is 13.4. The van der Waals surface area contributed by atoms with Gasteiger partial charge in [0.1, 0.15) is 0 Å². The zero-order valence-corrected chi connectivity index (χ0v) is 20.9. The van der Waals surface area contributed by atoms with Crippen LogP contribution in [0.2, 0.25) is 0 Å². The van der Waals surface area contributed by atoms with Gasteiger partial charge in [0, 0.05) is 0 Å². The molecule has 178 valence electrons. The maximum atomic E-state index is 12.4. The SMILES string of the molecule is C=CCC(CCCCCCCCCCCCCC)C(=O)OCCCCCCC(C)C. The van der Waals surface area contributed by atoms with Gasteiger partial charge in [0.15, 0.2) is 0 Å². The molecule has 0 bridgehead atoms. The molecule has 30 heavy (non-hydrogen) atoms. The predicted octanol–water partition coefficient (Wildman–Crippen LogP) is 9.42. The van der Waals surface area contributed by atoms with E-state index in [0.29, 0.717) is 6.61 Å². The molecule has 0 amide bonds. The topological polar surface area (TPSA) is 26.3 Å². The van der Waals surface area contributed by atoms with E-state index in [0.717, 1.165) is 31.6 Å². The second kappa shape index (κ2) is 22.9. The van der Waals surface area contributed by atoms with Crippen LogP contribution in [0, 0.1) is 11.8 Å². The van der Waals surface area contributed by atoms with Gasteiger partial charge in [-0.2, -0.15) is 0 Å². The molecule has 0 fully saturated rings. The maximum Gasteiger partial charge on any atom is 0.309 e. The van der Waals surface area contributed by atoms with Crippen molar-refractivity contribution in [2.24, 2.45) is 11.8 Å². The first kappa shape index (κ1) is 29.2. The lowest BCUT2D eigenvalue weighted by Crippen LogP contribution is -2.18. The molecule has 1 atom stereocenters. The van der Waals surface area contributed by atoms with Crippen molar-refractivity contribution in [1.29, 1.82) is 0 Å². The summed E-state index contributed by atoms with van der Waals surface area (Å²) in [6.07, 6.45) is 25.8. The molecule has 0 aliphatic carbocycles. The van der Waals surface area contributed by atoms with E-state index < -0.39 is 0 Å². The van der Waals surface area contributed by atoms with Crippen LogP contribution in [0.5, 0.6) is 0 Å². The molecule has 2 nitrogen and oxygen atoms in total. The van der Waals surface area contributed by atoms with Gasteiger partial charge < -0.3 is 4.74 Å². The van der Waals surface area contributed by atoms with Crippen LogP contribution >= 0.6 is 0 Å². The fourth-order valence-corrected chi connectivity index (χ4v) is 4.06. The van der Waals surface area contributed by atoms with E-state index in [1.54, 1.807) is 0 Å². The van der Waals surface area contributed by atoms with Crippen LogP contribution in [0.15, 0.2) is 12.7 Å². The second-order valence-corrected chi connectivity index (χ2v) is 9.66. The van der Waals surface area contributed by atoms with Crippen LogP contribution < -0.4 is 0 Å². The largest absolute Gasteiger partial charge is 0.465 e. The Morgan fingerprint density at radius 2 is 1.20 bits per heavy atom. The molecule has 0 aliphatic heterocycles. The summed E-state index contributed by atoms with van der Waals surface area (Å²) in [6.45, 7) is 11.2. The Balaban J connectivity index is 3.62. The molecule has 0 N–H and O–H groups in total. The summed E-state index contributed by atoms with van der Waals surface area (Å²) in [4.78, 5) is 12.4. The summed E-state index contributed by atoms with van der Waals surface area (Å²) in [6, 6.07) is 0. The van der Waals surface area contributed by atoms with Gasteiger partial charge >= 0.3 is 5.97 Å². The van der Waals surface area contributed by atoms with Crippen LogP contribution in [0.25, 0.3) is 0 Å². The number of rotatable bonds is 23. The summed E-state index contributed by atoms with van der Waals surface area (Å²) in [5, 5.41) is 0. The van der Waals surface area contributed by atoms with Gasteiger partial charge in [0.2, 0.25) is 0 Å². The van der Waals surface area contributed by atoms with Crippen molar-refractivity contribution < 1.29 is 9.53 Å². The fraction of sp³-hybridized carbons (Fsp3) is 0.893. The summed E-state index contributed by atoms with van der Waals surface area (Å²) in [7, 11) is 0. The summed E-state index contributed by atoms with van der Waals surface area (Å²) < 4.78 is 5.56. The summed E-state index contributed by atoms with van der Waals surface area (Å²) in [5.74, 6) is 0.814. The smallest absolute Gasteiger partial charge is 0.309 e. The number of allylic oxidation sites excluding steroid dienone is 1. The van der Waals surface area contributed by atoms with E-state index in [2.05, 4.69) is 27.4 Å². The minimum atomic E-state index is 0.000142. The lowest BCUT2D eigenvalue weighted by molar-refractivity contribution is -0.148. The monoisotopic (exact) mass is 422 g/mol. The third kappa shape index (κ3) is 20.5. The third-order valence-electron chi connectivity index (χ3n) is 6.11. The minimum absolute atomic E-state index is 0.000142. The van der Waals surface area contributed by atoms with Crippen LogP contribution in [0.1, 0.15) is 143 Å². The highest BCUT2D eigenvalue weighted by Crippen LogP contribution is 2.18. The fourth-order valence-electron chi connectivity index (χ4n) is 4.06. The molecule has 0 aromatic carbocycles. The Labute approximate surface area is 189 Å². The van der Waals surface area contributed by atoms with Crippen LogP contribution in [-0.2, 0) is 9.53 Å². The van der Waals surface area contributed by atoms with Crippen molar-refractivity contribution in [3.63, 3.8) is 0 Å². The number of carbonyl (C=O) groups is 1. The molecule has 0 rings (SSSR count). The van der Waals surface area contributed by atoms with Gasteiger partial charge in [0.25, 0.3) is 0 Å². The molecule has 2 heteroatoms. The molecule has 0 radical (unpaired) electrons. The van der Waals surface area contributed by atoms with Crippen LogP contribution in [-0.4, -0.2) is 12.6 Å². The number of carbonyl (C=O) groups excluding carboxylic acids is 1. The highest BCUT2D eigenvalue weighted by atomic mass is 16.5. The van der Waals surface area contributed by atoms with E-state index in [9.17, 15) is 4.79 Å². The average molecular weight is 423 g/mol. The van der Waals surface area contributed by atoms with Gasteiger partial charge in [-0.05, 0) is 25.2 Å². The van der Waals surface area contributed by atoms with Crippen molar-refractivity contribution in [2.75, 3.05) is 6.61 Å². The van der Waals surface area contributed by atoms with E-state index >= 15 is 0 Å². The van der Waals surface area contributed by atoms with Crippen molar-refractivity contribution in [3.05, 3.63) is 12.7 Å². The highest BCUT2D eigenvalue weighted by Gasteiger charge is 2.18. The molecule has 1 unspecified atom stereocenters. The predicted molar refractivity (Wildman–Crippen MR) is 133 cm³/mol. The standard InChI is InChI=1S/C28H54O2/c1-5-7-8-9-10-11-12-13-14-15-16-20-24-27(22-6-2)28(29)30-25-21-18-17-19-23-26(3)4/h6,26-27H,2,5,7-25H2,1,3-4H3. The number of hydrogen-bond donors (Lipinski definition) is 0. The lowest BCUT2D eigenvalue weighted by atomic mass is 9.97. The maximum absolute atomic E-state index is 12.4. The Morgan fingerprint density at radius 1 is 0.733 bits per heavy atom. The van der Waals surface area contributed by atoms with Crippen molar-refractivity contribution >= 4 is 5.97 Å². The number of hydrogen-bond acceptors (Lipinski definition) is 2. The van der Waals surface area contributed by atoms with Gasteiger partial charge in [0.05, 0.1) is 12.5 Å². The summed E-state index contributed by atoms with van der Waals surface area (Å²) >= 11 is 0. The van der Waals surface area contributed by atoms with Crippen molar-refractivity contribution in [3.8, 4) is 0 Å². The van der Waals surface area contributed by atoms with Gasteiger partial charge in [-0.15, -0.1) is 6.58 Å². The third-order valence-corrected chi connectivity index (χ3v) is 6.11. The van der Waals surface area contributed by atoms with Gasteiger partial charge in [-0.25, -0.2) is 0 Å². The molecule has 0 spiro atoms. The van der Waals surface area contributed by atoms with Crippen LogP contribution in [0.3, 0.4) is 0 Å². The minimum Gasteiger partial charge on any atom is -0.465 e. The normalized spacial score (nSPS) is 12.3. The molecular formula is C28H54O2. The second-order valence-electron chi connectivity index (χ2n) is 9.66. The zero-order valence-electron chi connectivity index (χ0n) is 20.9. The zero-order chi connectivity index (χ0) is 22.3. The lowest BCUT2D eigenvalue weighted by Gasteiger charge is -2.14. The first-order chi connectivity index (χ1) is 14.6. The Morgan fingerprint density at radius 3 is 1.70 bits per heavy atom. The van der Waals surface area contributed by atoms with Gasteiger partial charge in [-0.1, -0.05) is 130 Å². The number of esters is 1. The number of unbranched alkanes of at least 4 members (excludes halogenated alkanes) is 14. The molecule has 0 aromatic rings. The Hall–Kier alpha value is -0.790. The van der Waals surface area contributed by atoms with E-state index in [1.807, 2.05) is 6.08 Å². The molecule has 0 aromatic heterocycles. The molecular weight excluding hydrogens is 368 g/mol. The van der Waals surface area contributed by atoms with E-state index in [4.69, 9.17) is 4.74 Å². The first-order valence-corrected chi connectivity index (χ1v) is 13.4. The molecule has 0 heterocycles.